The summed E-state index contributed by atoms with van der Waals surface area (Å²) in [6.07, 6.45) is 6.52. The number of likely N-dealkylation sites (tertiary alicyclic amines) is 1. The number of benzene rings is 1. The molecule has 1 fully saturated rings. The van der Waals surface area contributed by atoms with Gasteiger partial charge in [0, 0.05) is 44.4 Å². The average Bonchev–Trinajstić information content (AvgIpc) is 3.14. The second-order valence-corrected chi connectivity index (χ2v) is 9.28. The highest BCUT2D eigenvalue weighted by Crippen LogP contribution is 2.41. The molecule has 2 aromatic rings. The third-order valence-corrected chi connectivity index (χ3v) is 6.73. The van der Waals surface area contributed by atoms with E-state index in [-0.39, 0.29) is 11.8 Å². The standard InChI is InChI=1S/C26H37N5O5/c1-18-25(29-11-10-27-18)28-9-3-4-12-31-13-8-19(21(32)17-31)16-30-26(33)20-6-7-22(34-2)24-23(20)35-14-5-15-36-24/h6-7,10-11,19,21,32H,3-5,8-9,12-17H2,1-2H3,(H,28,29)(H,30,33)/t19-,21+/m0/s1. The second-order valence-electron chi connectivity index (χ2n) is 9.28. The van der Waals surface area contributed by atoms with Crippen molar-refractivity contribution in [2.45, 2.75) is 38.7 Å². The van der Waals surface area contributed by atoms with Gasteiger partial charge in [0.15, 0.2) is 11.5 Å². The zero-order chi connectivity index (χ0) is 25.3. The number of carbonyl (C=O) groups excluding carboxylic acids is 1. The van der Waals surface area contributed by atoms with Crippen LogP contribution in [0.1, 0.15) is 41.7 Å². The number of hydrogen-bond donors (Lipinski definition) is 3. The molecule has 3 heterocycles. The summed E-state index contributed by atoms with van der Waals surface area (Å²) < 4.78 is 17.0. The minimum atomic E-state index is -0.480. The number of unbranched alkanes of at least 4 members (excludes halogenated alkanes) is 1. The minimum absolute atomic E-state index is 0.0144. The summed E-state index contributed by atoms with van der Waals surface area (Å²) in [7, 11) is 1.56. The molecule has 1 aromatic carbocycles. The number of piperidine rings is 1. The normalized spacial score (nSPS) is 19.9. The number of methoxy groups -OCH3 is 1. The van der Waals surface area contributed by atoms with Crippen LogP contribution in [0.2, 0.25) is 0 Å². The van der Waals surface area contributed by atoms with Crippen molar-refractivity contribution >= 4 is 11.7 Å². The van der Waals surface area contributed by atoms with Crippen LogP contribution < -0.4 is 24.8 Å². The van der Waals surface area contributed by atoms with E-state index in [1.54, 1.807) is 31.6 Å². The number of ether oxygens (including phenoxy) is 3. The molecule has 2 aliphatic heterocycles. The Morgan fingerprint density at radius 1 is 1.19 bits per heavy atom. The molecular weight excluding hydrogens is 462 g/mol. The maximum atomic E-state index is 13.0. The molecule has 10 heteroatoms. The summed E-state index contributed by atoms with van der Waals surface area (Å²) in [6.45, 7) is 6.65. The molecule has 0 radical (unpaired) electrons. The summed E-state index contributed by atoms with van der Waals surface area (Å²) in [5.74, 6) is 2.05. The Hall–Kier alpha value is -3.11. The summed E-state index contributed by atoms with van der Waals surface area (Å²) in [5, 5.41) is 17.0. The van der Waals surface area contributed by atoms with Crippen molar-refractivity contribution in [1.29, 1.82) is 0 Å². The van der Waals surface area contributed by atoms with Crippen molar-refractivity contribution in [3.63, 3.8) is 0 Å². The zero-order valence-electron chi connectivity index (χ0n) is 21.2. The lowest BCUT2D eigenvalue weighted by Crippen LogP contribution is -2.47. The Labute approximate surface area is 212 Å². The number of aromatic nitrogens is 2. The number of fused-ring (bicyclic) bond motifs is 1. The average molecular weight is 500 g/mol. The van der Waals surface area contributed by atoms with Crippen molar-refractivity contribution in [3.8, 4) is 17.2 Å². The molecule has 3 N–H and O–H groups in total. The number of nitrogens with zero attached hydrogens (tertiary/aromatic N) is 3. The molecular formula is C26H37N5O5. The molecule has 1 aromatic heterocycles. The molecule has 2 aliphatic rings. The Balaban J connectivity index is 1.20. The van der Waals surface area contributed by atoms with Crippen molar-refractivity contribution in [2.75, 3.05) is 58.4 Å². The van der Waals surface area contributed by atoms with Gasteiger partial charge in [0.25, 0.3) is 5.91 Å². The van der Waals surface area contributed by atoms with Gasteiger partial charge in [-0.15, -0.1) is 0 Å². The van der Waals surface area contributed by atoms with Gasteiger partial charge in [0.05, 0.1) is 37.7 Å². The van der Waals surface area contributed by atoms with Gasteiger partial charge in [0.1, 0.15) is 5.82 Å². The number of hydrogen-bond acceptors (Lipinski definition) is 9. The van der Waals surface area contributed by atoms with Gasteiger partial charge >= 0.3 is 0 Å². The highest BCUT2D eigenvalue weighted by Gasteiger charge is 2.29. The smallest absolute Gasteiger partial charge is 0.255 e. The number of aliphatic hydroxyl groups is 1. The first-order chi connectivity index (χ1) is 17.6. The number of nitrogens with one attached hydrogen (secondary N) is 2. The molecule has 0 saturated carbocycles. The van der Waals surface area contributed by atoms with E-state index >= 15 is 0 Å². The molecule has 10 nitrogen and oxygen atoms in total. The maximum absolute atomic E-state index is 13.0. The van der Waals surface area contributed by atoms with Gasteiger partial charge < -0.3 is 34.9 Å². The summed E-state index contributed by atoms with van der Waals surface area (Å²) in [6, 6.07) is 3.42. The second kappa shape index (κ2) is 12.7. The highest BCUT2D eigenvalue weighted by molar-refractivity contribution is 5.98. The van der Waals surface area contributed by atoms with Gasteiger partial charge in [-0.05, 0) is 51.4 Å². The number of rotatable bonds is 10. The molecule has 0 unspecified atom stereocenters. The number of anilines is 1. The van der Waals surface area contributed by atoms with Crippen LogP contribution in [-0.4, -0.2) is 85.0 Å². The monoisotopic (exact) mass is 499 g/mol. The third-order valence-electron chi connectivity index (χ3n) is 6.73. The van der Waals surface area contributed by atoms with Crippen LogP contribution in [0.4, 0.5) is 5.82 Å². The van der Waals surface area contributed by atoms with Crippen LogP contribution in [0.25, 0.3) is 0 Å². The zero-order valence-corrected chi connectivity index (χ0v) is 21.2. The number of aryl methyl sites for hydroxylation is 1. The SMILES string of the molecule is COc1ccc(C(=O)NC[C@@H]2CCN(CCCCNc3nccnc3C)C[C@H]2O)c2c1OCCCO2. The molecule has 4 rings (SSSR count). The lowest BCUT2D eigenvalue weighted by Gasteiger charge is -2.36. The van der Waals surface area contributed by atoms with Crippen LogP contribution in [0.15, 0.2) is 24.5 Å². The van der Waals surface area contributed by atoms with Crippen molar-refractivity contribution in [1.82, 2.24) is 20.2 Å². The van der Waals surface area contributed by atoms with Crippen LogP contribution in [0.3, 0.4) is 0 Å². The lowest BCUT2D eigenvalue weighted by atomic mass is 9.93. The van der Waals surface area contributed by atoms with Gasteiger partial charge in [-0.2, -0.15) is 0 Å². The van der Waals surface area contributed by atoms with E-state index in [2.05, 4.69) is 25.5 Å². The Bertz CT molecular complexity index is 1020. The summed E-state index contributed by atoms with van der Waals surface area (Å²) in [5.41, 5.74) is 1.32. The van der Waals surface area contributed by atoms with E-state index < -0.39 is 6.10 Å². The lowest BCUT2D eigenvalue weighted by molar-refractivity contribution is 0.0217. The van der Waals surface area contributed by atoms with Gasteiger partial charge in [-0.3, -0.25) is 9.78 Å². The van der Waals surface area contributed by atoms with E-state index in [4.69, 9.17) is 14.2 Å². The minimum Gasteiger partial charge on any atom is -0.493 e. The molecule has 196 valence electrons. The van der Waals surface area contributed by atoms with E-state index in [0.717, 1.165) is 56.8 Å². The number of aliphatic hydroxyl groups excluding tert-OH is 1. The highest BCUT2D eigenvalue weighted by atomic mass is 16.5. The Morgan fingerprint density at radius 3 is 2.78 bits per heavy atom. The van der Waals surface area contributed by atoms with E-state index in [1.165, 1.54) is 0 Å². The van der Waals surface area contributed by atoms with E-state index in [0.29, 0.717) is 49.1 Å². The van der Waals surface area contributed by atoms with Crippen LogP contribution >= 0.6 is 0 Å². The predicted molar refractivity (Wildman–Crippen MR) is 136 cm³/mol. The molecule has 0 spiro atoms. The van der Waals surface area contributed by atoms with Gasteiger partial charge in [0.2, 0.25) is 5.75 Å². The fourth-order valence-corrected chi connectivity index (χ4v) is 4.63. The third kappa shape index (κ3) is 6.55. The van der Waals surface area contributed by atoms with Crippen LogP contribution in [-0.2, 0) is 0 Å². The summed E-state index contributed by atoms with van der Waals surface area (Å²) >= 11 is 0. The fraction of sp³-hybridized carbons (Fsp3) is 0.577. The topological polar surface area (TPSA) is 118 Å². The molecule has 1 saturated heterocycles. The van der Waals surface area contributed by atoms with Gasteiger partial charge in [-0.1, -0.05) is 0 Å². The van der Waals surface area contributed by atoms with Crippen molar-refractivity contribution in [3.05, 3.63) is 35.8 Å². The quantitative estimate of drug-likeness (QED) is 0.423. The first kappa shape index (κ1) is 26.0. The first-order valence-corrected chi connectivity index (χ1v) is 12.7. The first-order valence-electron chi connectivity index (χ1n) is 12.7. The van der Waals surface area contributed by atoms with Gasteiger partial charge in [-0.25, -0.2) is 4.98 Å². The van der Waals surface area contributed by atoms with E-state index in [1.807, 2.05) is 6.92 Å². The molecule has 2 atom stereocenters. The molecule has 1 amide bonds. The Morgan fingerprint density at radius 2 is 2.00 bits per heavy atom. The van der Waals surface area contributed by atoms with Crippen molar-refractivity contribution in [2.24, 2.45) is 5.92 Å². The van der Waals surface area contributed by atoms with E-state index in [9.17, 15) is 9.90 Å². The fourth-order valence-electron chi connectivity index (χ4n) is 4.63. The molecule has 0 aliphatic carbocycles. The van der Waals surface area contributed by atoms with Crippen molar-refractivity contribution < 1.29 is 24.1 Å². The Kier molecular flexibility index (Phi) is 9.18. The number of carbonyl (C=O) groups is 1. The maximum Gasteiger partial charge on any atom is 0.255 e. The molecule has 36 heavy (non-hydrogen) atoms. The van der Waals surface area contributed by atoms with Crippen LogP contribution in [0, 0.1) is 12.8 Å². The largest absolute Gasteiger partial charge is 0.493 e. The summed E-state index contributed by atoms with van der Waals surface area (Å²) in [4.78, 5) is 23.8. The van der Waals surface area contributed by atoms with Crippen LogP contribution in [0.5, 0.6) is 17.2 Å². The predicted octanol–water partition coefficient (Wildman–Crippen LogP) is 2.26. The molecule has 0 bridgehead atoms. The number of amides is 1. The number of β-amino-alcohol motifs (C(OH)–C–C–N with tert-alkyl or cyclic N) is 1.